The lowest BCUT2D eigenvalue weighted by Crippen LogP contribution is -2.25. The molecule has 2 N–H and O–H groups in total. The molecule has 0 radical (unpaired) electrons. The van der Waals surface area contributed by atoms with Gasteiger partial charge >= 0.3 is 0 Å². The van der Waals surface area contributed by atoms with Crippen LogP contribution in [-0.2, 0) is 0 Å². The molecule has 0 fully saturated rings. The van der Waals surface area contributed by atoms with Crippen molar-refractivity contribution in [2.75, 3.05) is 33.4 Å². The average molecular weight is 198 g/mol. The van der Waals surface area contributed by atoms with E-state index >= 15 is 0 Å². The van der Waals surface area contributed by atoms with Crippen molar-refractivity contribution in [3.63, 3.8) is 0 Å². The second-order valence-corrected chi connectivity index (χ2v) is 2.78. The van der Waals surface area contributed by atoms with Gasteiger partial charge in [0.25, 0.3) is 0 Å². The molecule has 0 atom stereocenters. The quantitative estimate of drug-likeness (QED) is 0.714. The molecule has 0 aliphatic heterocycles. The van der Waals surface area contributed by atoms with Crippen molar-refractivity contribution in [2.45, 2.75) is 0 Å². The van der Waals surface area contributed by atoms with Gasteiger partial charge in [0.05, 0.1) is 13.2 Å². The summed E-state index contributed by atoms with van der Waals surface area (Å²) in [6, 6.07) is 5.72. The van der Waals surface area contributed by atoms with Gasteiger partial charge in [0.1, 0.15) is 0 Å². The van der Waals surface area contributed by atoms with Gasteiger partial charge in [-0.3, -0.25) is 4.98 Å². The molecule has 0 saturated carbocycles. The summed E-state index contributed by atoms with van der Waals surface area (Å²) in [6.45, 7) is 1.61. The monoisotopic (exact) mass is 198 g/mol. The molecule has 0 aliphatic carbocycles. The van der Waals surface area contributed by atoms with Crippen molar-refractivity contribution >= 4 is 0 Å². The van der Waals surface area contributed by atoms with Gasteiger partial charge < -0.3 is 15.1 Å². The highest BCUT2D eigenvalue weighted by Crippen LogP contribution is 1.76. The van der Waals surface area contributed by atoms with Crippen LogP contribution in [0.4, 0.5) is 0 Å². The third-order valence-electron chi connectivity index (χ3n) is 1.53. The van der Waals surface area contributed by atoms with E-state index in [-0.39, 0.29) is 13.2 Å². The Hall–Kier alpha value is -0.970. The first-order chi connectivity index (χ1) is 6.81. The Bertz CT molecular complexity index is 162. The van der Waals surface area contributed by atoms with Crippen LogP contribution in [0.2, 0.25) is 0 Å². The fourth-order valence-electron chi connectivity index (χ4n) is 0.766. The molecule has 0 aromatic carbocycles. The zero-order chi connectivity index (χ0) is 10.6. The largest absolute Gasteiger partial charge is 0.395 e. The SMILES string of the molecule is CN(CCO)CCO.c1ccncc1. The Labute approximate surface area is 84.8 Å². The number of pyridine rings is 1. The first-order valence-electron chi connectivity index (χ1n) is 4.56. The number of likely N-dealkylation sites (N-methyl/N-ethyl adjacent to an activating group) is 1. The zero-order valence-corrected chi connectivity index (χ0v) is 8.50. The molecule has 0 aliphatic rings. The van der Waals surface area contributed by atoms with Crippen LogP contribution >= 0.6 is 0 Å². The van der Waals surface area contributed by atoms with Crippen LogP contribution in [0, 0.1) is 0 Å². The van der Waals surface area contributed by atoms with Crippen molar-refractivity contribution in [2.24, 2.45) is 0 Å². The van der Waals surface area contributed by atoms with Crippen molar-refractivity contribution in [3.8, 4) is 0 Å². The maximum absolute atomic E-state index is 8.34. The summed E-state index contributed by atoms with van der Waals surface area (Å²) in [6.07, 6.45) is 3.50. The third-order valence-corrected chi connectivity index (χ3v) is 1.53. The summed E-state index contributed by atoms with van der Waals surface area (Å²) >= 11 is 0. The average Bonchev–Trinajstić information content (AvgIpc) is 2.22. The highest BCUT2D eigenvalue weighted by molar-refractivity contribution is 4.88. The first-order valence-corrected chi connectivity index (χ1v) is 4.56. The molecule has 14 heavy (non-hydrogen) atoms. The second kappa shape index (κ2) is 10.1. The molecule has 1 rings (SSSR count). The minimum atomic E-state index is 0.163. The lowest BCUT2D eigenvalue weighted by atomic mass is 10.5. The van der Waals surface area contributed by atoms with Crippen molar-refractivity contribution in [3.05, 3.63) is 30.6 Å². The molecule has 1 heterocycles. The smallest absolute Gasteiger partial charge is 0.0558 e. The summed E-state index contributed by atoms with van der Waals surface area (Å²) in [7, 11) is 1.85. The minimum absolute atomic E-state index is 0.163. The van der Waals surface area contributed by atoms with E-state index in [4.69, 9.17) is 10.2 Å². The Morgan fingerprint density at radius 1 is 1.00 bits per heavy atom. The number of nitrogens with zero attached hydrogens (tertiary/aromatic N) is 2. The molecular formula is C10H18N2O2. The molecule has 0 unspecified atom stereocenters. The van der Waals surface area contributed by atoms with E-state index in [0.29, 0.717) is 13.1 Å². The van der Waals surface area contributed by atoms with E-state index in [2.05, 4.69) is 4.98 Å². The second-order valence-electron chi connectivity index (χ2n) is 2.78. The molecular weight excluding hydrogens is 180 g/mol. The highest BCUT2D eigenvalue weighted by Gasteiger charge is 1.91. The number of aromatic nitrogens is 1. The number of hydrogen-bond donors (Lipinski definition) is 2. The normalized spacial score (nSPS) is 9.43. The van der Waals surface area contributed by atoms with Crippen LogP contribution < -0.4 is 0 Å². The van der Waals surface area contributed by atoms with Crippen LogP contribution in [0.25, 0.3) is 0 Å². The molecule has 0 bridgehead atoms. The molecule has 0 amide bonds. The van der Waals surface area contributed by atoms with Crippen molar-refractivity contribution < 1.29 is 10.2 Å². The van der Waals surface area contributed by atoms with Gasteiger partial charge in [0, 0.05) is 25.5 Å². The fourth-order valence-corrected chi connectivity index (χ4v) is 0.766. The number of rotatable bonds is 4. The van der Waals surface area contributed by atoms with Gasteiger partial charge in [0.15, 0.2) is 0 Å². The Morgan fingerprint density at radius 2 is 1.50 bits per heavy atom. The van der Waals surface area contributed by atoms with Gasteiger partial charge in [0.2, 0.25) is 0 Å². The number of hydrogen-bond acceptors (Lipinski definition) is 4. The minimum Gasteiger partial charge on any atom is -0.395 e. The number of aliphatic hydroxyl groups excluding tert-OH is 2. The molecule has 4 heteroatoms. The van der Waals surface area contributed by atoms with Gasteiger partial charge in [-0.25, -0.2) is 0 Å². The first kappa shape index (κ1) is 13.0. The fraction of sp³-hybridized carbons (Fsp3) is 0.500. The van der Waals surface area contributed by atoms with E-state index in [1.807, 2.05) is 30.1 Å². The summed E-state index contributed by atoms with van der Waals surface area (Å²) < 4.78 is 0. The predicted molar refractivity (Wildman–Crippen MR) is 55.9 cm³/mol. The van der Waals surface area contributed by atoms with Crippen LogP contribution in [0.3, 0.4) is 0 Å². The van der Waals surface area contributed by atoms with Crippen LogP contribution in [0.15, 0.2) is 30.6 Å². The maximum atomic E-state index is 8.34. The lowest BCUT2D eigenvalue weighted by Gasteiger charge is -2.11. The summed E-state index contributed by atoms with van der Waals surface area (Å²) in [5.74, 6) is 0. The molecule has 1 aromatic rings. The zero-order valence-electron chi connectivity index (χ0n) is 8.50. The van der Waals surface area contributed by atoms with E-state index in [1.165, 1.54) is 0 Å². The predicted octanol–water partition coefficient (Wildman–Crippen LogP) is -0.0156. The Balaban J connectivity index is 0.000000249. The standard InChI is InChI=1S/C5H13NO2.C5H5N/c1-6(2-4-7)3-5-8;1-2-4-6-5-3-1/h7-8H,2-5H2,1H3;1-5H. The van der Waals surface area contributed by atoms with Crippen molar-refractivity contribution in [1.82, 2.24) is 9.88 Å². The van der Waals surface area contributed by atoms with E-state index in [0.717, 1.165) is 0 Å². The van der Waals surface area contributed by atoms with E-state index in [9.17, 15) is 0 Å². The van der Waals surface area contributed by atoms with Crippen molar-refractivity contribution in [1.29, 1.82) is 0 Å². The van der Waals surface area contributed by atoms with E-state index < -0.39 is 0 Å². The summed E-state index contributed by atoms with van der Waals surface area (Å²) in [5, 5.41) is 16.7. The van der Waals surface area contributed by atoms with Crippen LogP contribution in [-0.4, -0.2) is 53.4 Å². The molecule has 80 valence electrons. The van der Waals surface area contributed by atoms with Gasteiger partial charge in [-0.2, -0.15) is 0 Å². The summed E-state index contributed by atoms with van der Waals surface area (Å²) in [4.78, 5) is 5.65. The molecule has 0 saturated heterocycles. The Morgan fingerprint density at radius 3 is 1.71 bits per heavy atom. The third kappa shape index (κ3) is 9.12. The maximum Gasteiger partial charge on any atom is 0.0558 e. The Kier molecular flexibility index (Phi) is 9.41. The van der Waals surface area contributed by atoms with Gasteiger partial charge in [-0.05, 0) is 19.2 Å². The van der Waals surface area contributed by atoms with Crippen LogP contribution in [0.5, 0.6) is 0 Å². The lowest BCUT2D eigenvalue weighted by molar-refractivity contribution is 0.184. The van der Waals surface area contributed by atoms with E-state index in [1.54, 1.807) is 12.4 Å². The molecule has 4 nitrogen and oxygen atoms in total. The van der Waals surface area contributed by atoms with Gasteiger partial charge in [-0.15, -0.1) is 0 Å². The van der Waals surface area contributed by atoms with Gasteiger partial charge in [-0.1, -0.05) is 6.07 Å². The molecule has 0 spiro atoms. The number of aliphatic hydroxyl groups is 2. The summed E-state index contributed by atoms with van der Waals surface area (Å²) in [5.41, 5.74) is 0. The highest BCUT2D eigenvalue weighted by atomic mass is 16.3. The van der Waals surface area contributed by atoms with Crippen LogP contribution in [0.1, 0.15) is 0 Å². The molecule has 1 aromatic heterocycles. The topological polar surface area (TPSA) is 56.6 Å².